The van der Waals surface area contributed by atoms with Gasteiger partial charge in [-0.2, -0.15) is 0 Å². The average Bonchev–Trinajstić information content (AvgIpc) is 2.65. The number of allylic oxidation sites excluding steroid dienone is 1. The first-order chi connectivity index (χ1) is 9.37. The van der Waals surface area contributed by atoms with Gasteiger partial charge in [-0.25, -0.2) is 8.42 Å². The number of benzene rings is 1. The Hall–Kier alpha value is 0.110. The SMILES string of the molecule is CC(=S)C=C1Sc2ccccc2N1CCCS(=O)(=O)[O-].[Na+]. The summed E-state index contributed by atoms with van der Waals surface area (Å²) in [6.45, 7) is 2.33. The Morgan fingerprint density at radius 2 is 2.10 bits per heavy atom. The Kier molecular flexibility index (Phi) is 7.39. The molecule has 0 N–H and O–H groups in total. The van der Waals surface area contributed by atoms with E-state index in [-0.39, 0.29) is 35.3 Å². The fraction of sp³-hybridized carbons (Fsp3) is 0.308. The molecule has 0 spiro atoms. The third kappa shape index (κ3) is 5.67. The molecular formula is C13H14NNaO3S3. The monoisotopic (exact) mass is 351 g/mol. The van der Waals surface area contributed by atoms with Crippen molar-refractivity contribution in [3.8, 4) is 0 Å². The third-order valence-electron chi connectivity index (χ3n) is 2.74. The minimum Gasteiger partial charge on any atom is -0.748 e. The molecule has 0 aliphatic carbocycles. The minimum atomic E-state index is -4.16. The zero-order valence-corrected chi connectivity index (χ0v) is 16.4. The Bertz CT molecular complexity index is 658. The van der Waals surface area contributed by atoms with Gasteiger partial charge in [-0.15, -0.1) is 0 Å². The molecular weight excluding hydrogens is 337 g/mol. The second-order valence-corrected chi connectivity index (χ2v) is 7.66. The van der Waals surface area contributed by atoms with E-state index in [0.29, 0.717) is 13.0 Å². The van der Waals surface area contributed by atoms with E-state index in [1.165, 1.54) is 0 Å². The molecule has 1 aromatic carbocycles. The van der Waals surface area contributed by atoms with Crippen molar-refractivity contribution in [1.82, 2.24) is 0 Å². The van der Waals surface area contributed by atoms with E-state index < -0.39 is 10.1 Å². The van der Waals surface area contributed by atoms with Gasteiger partial charge < -0.3 is 9.45 Å². The van der Waals surface area contributed by atoms with Crippen LogP contribution < -0.4 is 34.5 Å². The Balaban J connectivity index is 0.00000220. The van der Waals surface area contributed by atoms with Crippen LogP contribution in [0.25, 0.3) is 0 Å². The van der Waals surface area contributed by atoms with E-state index in [2.05, 4.69) is 0 Å². The first-order valence-electron chi connectivity index (χ1n) is 6.07. The van der Waals surface area contributed by atoms with Crippen molar-refractivity contribution < 1.29 is 42.5 Å². The van der Waals surface area contributed by atoms with E-state index in [4.69, 9.17) is 12.2 Å². The summed E-state index contributed by atoms with van der Waals surface area (Å²) in [5, 5.41) is 0.974. The zero-order valence-electron chi connectivity index (χ0n) is 11.9. The van der Waals surface area contributed by atoms with Gasteiger partial charge in [0.1, 0.15) is 0 Å². The molecule has 21 heavy (non-hydrogen) atoms. The van der Waals surface area contributed by atoms with Crippen LogP contribution in [0.5, 0.6) is 0 Å². The Morgan fingerprint density at radius 1 is 1.43 bits per heavy atom. The number of hydrogen-bond acceptors (Lipinski definition) is 6. The quantitative estimate of drug-likeness (QED) is 0.316. The van der Waals surface area contributed by atoms with Crippen molar-refractivity contribution in [3.05, 3.63) is 35.4 Å². The first-order valence-corrected chi connectivity index (χ1v) is 8.87. The summed E-state index contributed by atoms with van der Waals surface area (Å²) < 4.78 is 32.1. The van der Waals surface area contributed by atoms with Crippen molar-refractivity contribution in [1.29, 1.82) is 0 Å². The number of fused-ring (bicyclic) bond motifs is 1. The molecule has 0 saturated heterocycles. The number of hydrogen-bond donors (Lipinski definition) is 0. The smallest absolute Gasteiger partial charge is 0.748 e. The van der Waals surface area contributed by atoms with Gasteiger partial charge in [-0.05, 0) is 31.6 Å². The van der Waals surface area contributed by atoms with Crippen LogP contribution in [-0.2, 0) is 10.1 Å². The summed E-state index contributed by atoms with van der Waals surface area (Å²) in [6, 6.07) is 7.88. The molecule has 0 saturated carbocycles. The summed E-state index contributed by atoms with van der Waals surface area (Å²) in [4.78, 5) is 3.89. The molecule has 1 aliphatic heterocycles. The van der Waals surface area contributed by atoms with Crippen LogP contribution in [-0.4, -0.2) is 30.1 Å². The van der Waals surface area contributed by atoms with Gasteiger partial charge in [0.25, 0.3) is 0 Å². The largest absolute Gasteiger partial charge is 1.00 e. The Morgan fingerprint density at radius 3 is 2.71 bits per heavy atom. The summed E-state index contributed by atoms with van der Waals surface area (Å²) in [5.74, 6) is -0.347. The van der Waals surface area contributed by atoms with Crippen LogP contribution in [0.15, 0.2) is 40.3 Å². The zero-order chi connectivity index (χ0) is 14.8. The molecule has 0 bridgehead atoms. The number of para-hydroxylation sites is 1. The fourth-order valence-electron chi connectivity index (χ4n) is 1.96. The number of nitrogens with zero attached hydrogens (tertiary/aromatic N) is 1. The van der Waals surface area contributed by atoms with E-state index in [1.807, 2.05) is 42.2 Å². The molecule has 0 amide bonds. The molecule has 108 valence electrons. The summed E-state index contributed by atoms with van der Waals surface area (Å²) in [6.07, 6.45) is 2.19. The Labute approximate surface area is 157 Å². The van der Waals surface area contributed by atoms with Gasteiger partial charge in [0.05, 0.1) is 20.8 Å². The fourth-order valence-corrected chi connectivity index (χ4v) is 3.82. The van der Waals surface area contributed by atoms with Crippen LogP contribution in [0, 0.1) is 0 Å². The summed E-state index contributed by atoms with van der Waals surface area (Å²) >= 11 is 6.71. The molecule has 0 atom stereocenters. The van der Waals surface area contributed by atoms with E-state index in [1.54, 1.807) is 11.8 Å². The topological polar surface area (TPSA) is 60.4 Å². The number of thiocarbonyl (C=S) groups is 1. The van der Waals surface area contributed by atoms with Gasteiger partial charge >= 0.3 is 29.6 Å². The molecule has 0 fully saturated rings. The standard InChI is InChI=1S/C13H15NO3S3.Na/c1-10(18)9-13-14(7-4-8-20(15,16)17)11-5-2-3-6-12(11)19-13;/h2-3,5-6,9H,4,7-8H2,1H3,(H,15,16,17);/q;+1/p-1. The molecule has 0 radical (unpaired) electrons. The second kappa shape index (κ2) is 8.10. The van der Waals surface area contributed by atoms with Crippen molar-refractivity contribution >= 4 is 44.6 Å². The van der Waals surface area contributed by atoms with Gasteiger partial charge in [-0.1, -0.05) is 36.1 Å². The first kappa shape index (κ1) is 19.2. The van der Waals surface area contributed by atoms with Gasteiger partial charge in [-0.3, -0.25) is 0 Å². The predicted octanol–water partition coefficient (Wildman–Crippen LogP) is -0.231. The van der Waals surface area contributed by atoms with Crippen LogP contribution in [0.3, 0.4) is 0 Å². The van der Waals surface area contributed by atoms with Gasteiger partial charge in [0.2, 0.25) is 0 Å². The van der Waals surface area contributed by atoms with Crippen LogP contribution in [0.1, 0.15) is 13.3 Å². The molecule has 8 heteroatoms. The molecule has 1 aliphatic rings. The van der Waals surface area contributed by atoms with Crippen molar-refractivity contribution in [2.24, 2.45) is 0 Å². The maximum Gasteiger partial charge on any atom is 1.00 e. The van der Waals surface area contributed by atoms with Crippen LogP contribution >= 0.6 is 24.0 Å². The molecule has 1 aromatic rings. The average molecular weight is 351 g/mol. The predicted molar refractivity (Wildman–Crippen MR) is 85.2 cm³/mol. The van der Waals surface area contributed by atoms with Gasteiger partial charge in [0, 0.05) is 22.1 Å². The van der Waals surface area contributed by atoms with Gasteiger partial charge in [0.15, 0.2) is 0 Å². The van der Waals surface area contributed by atoms with Crippen LogP contribution in [0.4, 0.5) is 5.69 Å². The number of rotatable bonds is 5. The number of thioether (sulfide) groups is 1. The van der Waals surface area contributed by atoms with Crippen LogP contribution in [0.2, 0.25) is 0 Å². The molecule has 2 rings (SSSR count). The summed E-state index contributed by atoms with van der Waals surface area (Å²) in [7, 11) is -4.16. The third-order valence-corrected chi connectivity index (χ3v) is 4.76. The van der Waals surface area contributed by atoms with E-state index in [0.717, 1.165) is 20.5 Å². The maximum atomic E-state index is 10.7. The summed E-state index contributed by atoms with van der Waals surface area (Å²) in [5.41, 5.74) is 1.03. The van der Waals surface area contributed by atoms with Crippen molar-refractivity contribution in [2.45, 2.75) is 18.2 Å². The van der Waals surface area contributed by atoms with E-state index in [9.17, 15) is 13.0 Å². The van der Waals surface area contributed by atoms with E-state index >= 15 is 0 Å². The molecule has 1 heterocycles. The molecule has 0 unspecified atom stereocenters. The maximum absolute atomic E-state index is 10.7. The number of anilines is 1. The minimum absolute atomic E-state index is 0. The normalized spacial score (nSPS) is 15.7. The molecule has 0 aromatic heterocycles. The second-order valence-electron chi connectivity index (χ2n) is 4.43. The van der Waals surface area contributed by atoms with Crippen molar-refractivity contribution in [3.63, 3.8) is 0 Å². The van der Waals surface area contributed by atoms with Crippen molar-refractivity contribution in [2.75, 3.05) is 17.2 Å². The molecule has 4 nitrogen and oxygen atoms in total.